The zero-order valence-electron chi connectivity index (χ0n) is 17.1. The molecule has 158 valence electrons. The molecule has 1 aliphatic heterocycles. The number of rotatable bonds is 7. The van der Waals surface area contributed by atoms with E-state index in [9.17, 15) is 8.42 Å². The van der Waals surface area contributed by atoms with Crippen molar-refractivity contribution >= 4 is 21.7 Å². The summed E-state index contributed by atoms with van der Waals surface area (Å²) in [6.45, 7) is 1.83. The van der Waals surface area contributed by atoms with Crippen molar-refractivity contribution in [2.24, 2.45) is 10.9 Å². The summed E-state index contributed by atoms with van der Waals surface area (Å²) in [6, 6.07) is 3.61. The van der Waals surface area contributed by atoms with Crippen LogP contribution in [0.25, 0.3) is 0 Å². The summed E-state index contributed by atoms with van der Waals surface area (Å²) >= 11 is 0. The third-order valence-corrected chi connectivity index (χ3v) is 6.05. The summed E-state index contributed by atoms with van der Waals surface area (Å²) in [7, 11) is 3.28. The van der Waals surface area contributed by atoms with Gasteiger partial charge in [0.05, 0.1) is 27.6 Å². The molecule has 10 heteroatoms. The quantitative estimate of drug-likeness (QED) is 0.513. The fourth-order valence-electron chi connectivity index (χ4n) is 3.16. The highest BCUT2D eigenvalue weighted by Crippen LogP contribution is 2.39. The van der Waals surface area contributed by atoms with E-state index in [1.54, 1.807) is 40.5 Å². The van der Waals surface area contributed by atoms with Crippen LogP contribution in [-0.2, 0) is 10.0 Å². The van der Waals surface area contributed by atoms with Crippen LogP contribution in [0.1, 0.15) is 12.8 Å². The molecule has 0 radical (unpaired) electrons. The third-order valence-electron chi connectivity index (χ3n) is 4.75. The van der Waals surface area contributed by atoms with Gasteiger partial charge in [0.15, 0.2) is 17.5 Å². The molecular weight excluding hydrogens is 384 g/mol. The number of hydrogen-bond acceptors (Lipinski definition) is 6. The molecule has 0 aromatic heterocycles. The lowest BCUT2D eigenvalue weighted by molar-refractivity contribution is 0.275. The van der Waals surface area contributed by atoms with Crippen molar-refractivity contribution in [1.82, 2.24) is 9.62 Å². The van der Waals surface area contributed by atoms with Crippen molar-refractivity contribution in [1.29, 1.82) is 0 Å². The van der Waals surface area contributed by atoms with E-state index in [0.717, 1.165) is 18.5 Å². The first-order valence-corrected chi connectivity index (χ1v) is 10.9. The summed E-state index contributed by atoms with van der Waals surface area (Å²) in [5, 5.41) is 6.52. The molecule has 0 aliphatic carbocycles. The number of guanidine groups is 1. The monoisotopic (exact) mass is 414 g/mol. The normalized spacial score (nSPS) is 16.5. The molecule has 1 saturated heterocycles. The second kappa shape index (κ2) is 9.83. The van der Waals surface area contributed by atoms with Crippen LogP contribution in [0.5, 0.6) is 17.2 Å². The lowest BCUT2D eigenvalue weighted by Crippen LogP contribution is -2.42. The summed E-state index contributed by atoms with van der Waals surface area (Å²) in [6.07, 6.45) is 2.90. The smallest absolute Gasteiger partial charge is 0.211 e. The minimum atomic E-state index is -3.10. The van der Waals surface area contributed by atoms with E-state index in [2.05, 4.69) is 15.6 Å². The van der Waals surface area contributed by atoms with Crippen LogP contribution in [0.2, 0.25) is 0 Å². The molecule has 1 aliphatic rings. The number of piperidine rings is 1. The van der Waals surface area contributed by atoms with E-state index in [4.69, 9.17) is 14.2 Å². The molecule has 9 nitrogen and oxygen atoms in total. The predicted octanol–water partition coefficient (Wildman–Crippen LogP) is 1.37. The molecule has 2 N–H and O–H groups in total. The first-order chi connectivity index (χ1) is 13.3. The van der Waals surface area contributed by atoms with E-state index < -0.39 is 10.0 Å². The van der Waals surface area contributed by atoms with Gasteiger partial charge in [-0.05, 0) is 18.8 Å². The lowest BCUT2D eigenvalue weighted by atomic mass is 9.98. The fraction of sp³-hybridized carbons (Fsp3) is 0.611. The maximum Gasteiger partial charge on any atom is 0.211 e. The van der Waals surface area contributed by atoms with Crippen molar-refractivity contribution in [3.63, 3.8) is 0 Å². The molecule has 2 rings (SSSR count). The Bertz CT molecular complexity index is 764. The molecule has 1 aromatic rings. The van der Waals surface area contributed by atoms with Gasteiger partial charge >= 0.3 is 0 Å². The molecule has 1 fully saturated rings. The summed E-state index contributed by atoms with van der Waals surface area (Å²) in [4.78, 5) is 4.25. The highest BCUT2D eigenvalue weighted by molar-refractivity contribution is 7.88. The van der Waals surface area contributed by atoms with Crippen LogP contribution in [0.4, 0.5) is 5.69 Å². The number of nitrogens with one attached hydrogen (secondary N) is 2. The molecule has 1 heterocycles. The Kier molecular flexibility index (Phi) is 7.76. The number of anilines is 1. The van der Waals surface area contributed by atoms with Gasteiger partial charge in [0.25, 0.3) is 0 Å². The maximum atomic E-state index is 11.6. The van der Waals surface area contributed by atoms with E-state index >= 15 is 0 Å². The maximum absolute atomic E-state index is 11.6. The average molecular weight is 415 g/mol. The van der Waals surface area contributed by atoms with Gasteiger partial charge < -0.3 is 24.8 Å². The van der Waals surface area contributed by atoms with Crippen LogP contribution in [0.15, 0.2) is 17.1 Å². The molecule has 28 heavy (non-hydrogen) atoms. The molecule has 1 aromatic carbocycles. The molecule has 0 unspecified atom stereocenters. The van der Waals surface area contributed by atoms with Crippen molar-refractivity contribution < 1.29 is 22.6 Å². The van der Waals surface area contributed by atoms with Crippen molar-refractivity contribution in [2.75, 3.05) is 59.6 Å². The highest BCUT2D eigenvalue weighted by Gasteiger charge is 2.25. The molecule has 0 saturated carbocycles. The number of nitrogens with zero attached hydrogens (tertiary/aromatic N) is 2. The Morgan fingerprint density at radius 2 is 1.71 bits per heavy atom. The molecule has 0 atom stereocenters. The molecule has 0 amide bonds. The van der Waals surface area contributed by atoms with Crippen LogP contribution < -0.4 is 24.8 Å². The Hall–Kier alpha value is -2.20. The van der Waals surface area contributed by atoms with E-state index in [-0.39, 0.29) is 0 Å². The van der Waals surface area contributed by atoms with E-state index in [1.807, 2.05) is 0 Å². The van der Waals surface area contributed by atoms with Crippen LogP contribution in [0, 0.1) is 5.92 Å². The molecule has 0 spiro atoms. The standard InChI is InChI=1S/C18H30N4O5S/c1-19-18(20-12-13-6-8-22(9-7-13)28(5,23)24)21-14-10-15(25-2)17(27-4)16(11-14)26-3/h10-11,13H,6-9,12H2,1-5H3,(H2,19,20,21). The van der Waals surface area contributed by atoms with Gasteiger partial charge in [0.1, 0.15) is 0 Å². The minimum Gasteiger partial charge on any atom is -0.493 e. The van der Waals surface area contributed by atoms with Gasteiger partial charge in [0, 0.05) is 44.5 Å². The van der Waals surface area contributed by atoms with Crippen LogP contribution in [-0.4, -0.2) is 72.9 Å². The summed E-state index contributed by atoms with van der Waals surface area (Å²) < 4.78 is 40.8. The van der Waals surface area contributed by atoms with Gasteiger partial charge in [0.2, 0.25) is 15.8 Å². The fourth-order valence-corrected chi connectivity index (χ4v) is 4.03. The van der Waals surface area contributed by atoms with Gasteiger partial charge in [-0.1, -0.05) is 0 Å². The van der Waals surface area contributed by atoms with Crippen molar-refractivity contribution in [2.45, 2.75) is 12.8 Å². The highest BCUT2D eigenvalue weighted by atomic mass is 32.2. The number of methoxy groups -OCH3 is 3. The van der Waals surface area contributed by atoms with Gasteiger partial charge in [-0.3, -0.25) is 4.99 Å². The third kappa shape index (κ3) is 5.65. The Morgan fingerprint density at radius 1 is 1.14 bits per heavy atom. The van der Waals surface area contributed by atoms with Crippen molar-refractivity contribution in [3.8, 4) is 17.2 Å². The van der Waals surface area contributed by atoms with E-state index in [0.29, 0.717) is 48.8 Å². The number of ether oxygens (including phenoxy) is 3. The Morgan fingerprint density at radius 3 is 2.14 bits per heavy atom. The first-order valence-electron chi connectivity index (χ1n) is 9.05. The van der Waals surface area contributed by atoms with Gasteiger partial charge in [-0.25, -0.2) is 12.7 Å². The average Bonchev–Trinajstić information content (AvgIpc) is 2.69. The topological polar surface area (TPSA) is 101 Å². The van der Waals surface area contributed by atoms with Crippen molar-refractivity contribution in [3.05, 3.63) is 12.1 Å². The number of sulfonamides is 1. The zero-order chi connectivity index (χ0) is 20.7. The zero-order valence-corrected chi connectivity index (χ0v) is 17.9. The lowest BCUT2D eigenvalue weighted by Gasteiger charge is -2.30. The second-order valence-corrected chi connectivity index (χ2v) is 8.58. The number of benzene rings is 1. The first kappa shape index (κ1) is 22.1. The largest absolute Gasteiger partial charge is 0.493 e. The number of hydrogen-bond donors (Lipinski definition) is 2. The minimum absolute atomic E-state index is 0.386. The van der Waals surface area contributed by atoms with Gasteiger partial charge in [-0.2, -0.15) is 0 Å². The summed E-state index contributed by atoms with van der Waals surface area (Å²) in [5.74, 6) is 2.62. The molecular formula is C18H30N4O5S. The van der Waals surface area contributed by atoms with Gasteiger partial charge in [-0.15, -0.1) is 0 Å². The second-order valence-electron chi connectivity index (χ2n) is 6.60. The van der Waals surface area contributed by atoms with Crippen LogP contribution >= 0.6 is 0 Å². The Balaban J connectivity index is 1.97. The molecule has 0 bridgehead atoms. The predicted molar refractivity (Wildman–Crippen MR) is 110 cm³/mol. The Labute approximate surface area is 167 Å². The van der Waals surface area contributed by atoms with E-state index in [1.165, 1.54) is 10.6 Å². The SMILES string of the molecule is CN=C(NCC1CCN(S(C)(=O)=O)CC1)Nc1cc(OC)c(OC)c(OC)c1. The number of aliphatic imine (C=N–C) groups is 1. The van der Waals surface area contributed by atoms with Crippen LogP contribution in [0.3, 0.4) is 0 Å². The summed E-state index contributed by atoms with van der Waals surface area (Å²) in [5.41, 5.74) is 0.745.